The van der Waals surface area contributed by atoms with E-state index in [-0.39, 0.29) is 0 Å². The highest BCUT2D eigenvalue weighted by Gasteiger charge is 2.93. The van der Waals surface area contributed by atoms with Crippen LogP contribution >= 0.6 is 0 Å². The number of cyclic esters (lactones) is 2. The molecule has 0 saturated carbocycles. The average molecular weight is 486 g/mol. The Morgan fingerprint density at radius 2 is 1.10 bits per heavy atom. The lowest BCUT2D eigenvalue weighted by molar-refractivity contribution is -0.473. The molecule has 1 saturated heterocycles. The lowest BCUT2D eigenvalue weighted by atomic mass is 9.93. The van der Waals surface area contributed by atoms with Gasteiger partial charge in [-0.3, -0.25) is 0 Å². The van der Waals surface area contributed by atoms with Gasteiger partial charge in [0.25, 0.3) is 0 Å². The second-order valence-corrected chi connectivity index (χ2v) is 5.50. The first-order valence-electron chi connectivity index (χ1n) is 6.78. The predicted octanol–water partition coefficient (Wildman–Crippen LogP) is 4.87. The molecule has 0 radical (unpaired) electrons. The van der Waals surface area contributed by atoms with Crippen molar-refractivity contribution in [2.75, 3.05) is 13.2 Å². The number of carbonyl (C=O) groups is 1. The number of alkyl halides is 15. The van der Waals surface area contributed by atoms with Gasteiger partial charge in [-0.1, -0.05) is 0 Å². The maximum absolute atomic E-state index is 13.3. The highest BCUT2D eigenvalue weighted by atomic mass is 19.4. The number of halogens is 15. The SMILES string of the molecule is O=C1OCC(COC(F)(F)C(F)(F)C(F)(F)C(F)(F)C(F)(F)C(F)(F)C(F)(F)F)O1. The van der Waals surface area contributed by atoms with Crippen molar-refractivity contribution in [3.8, 4) is 0 Å². The first-order valence-corrected chi connectivity index (χ1v) is 6.78. The van der Waals surface area contributed by atoms with Crippen LogP contribution in [0, 0.1) is 0 Å². The minimum Gasteiger partial charge on any atom is -0.430 e. The van der Waals surface area contributed by atoms with Crippen molar-refractivity contribution >= 4 is 6.16 Å². The first kappa shape index (κ1) is 26.2. The summed E-state index contributed by atoms with van der Waals surface area (Å²) in [7, 11) is 0. The summed E-state index contributed by atoms with van der Waals surface area (Å²) in [6, 6.07) is 0. The van der Waals surface area contributed by atoms with Gasteiger partial charge >= 0.3 is 48.1 Å². The molecular formula is C11H5F15O4. The summed E-state index contributed by atoms with van der Waals surface area (Å²) in [6.07, 6.45) is -18.1. The fourth-order valence-electron chi connectivity index (χ4n) is 1.69. The Bertz CT molecular complexity index is 655. The fraction of sp³-hybridized carbons (Fsp3) is 0.909. The van der Waals surface area contributed by atoms with E-state index in [1.807, 2.05) is 0 Å². The lowest BCUT2D eigenvalue weighted by Gasteiger charge is -2.41. The second kappa shape index (κ2) is 7.11. The molecule has 1 unspecified atom stereocenters. The molecule has 1 atom stereocenters. The number of rotatable bonds is 8. The number of hydrogen-bond donors (Lipinski definition) is 0. The summed E-state index contributed by atoms with van der Waals surface area (Å²) in [6.45, 7) is -2.98. The van der Waals surface area contributed by atoms with E-state index in [0.29, 0.717) is 0 Å². The minimum atomic E-state index is -8.39. The van der Waals surface area contributed by atoms with Crippen LogP contribution in [0.4, 0.5) is 70.7 Å². The molecule has 1 aliphatic rings. The van der Waals surface area contributed by atoms with Gasteiger partial charge < -0.3 is 14.2 Å². The van der Waals surface area contributed by atoms with Crippen LogP contribution in [0.5, 0.6) is 0 Å². The van der Waals surface area contributed by atoms with Crippen molar-refractivity contribution < 1.29 is 84.9 Å². The van der Waals surface area contributed by atoms with Gasteiger partial charge in [0.1, 0.15) is 6.61 Å². The molecule has 0 aliphatic carbocycles. The van der Waals surface area contributed by atoms with Crippen LogP contribution in [0.25, 0.3) is 0 Å². The Morgan fingerprint density at radius 1 is 0.700 bits per heavy atom. The van der Waals surface area contributed by atoms with Crippen molar-refractivity contribution in [3.63, 3.8) is 0 Å². The average Bonchev–Trinajstić information content (AvgIpc) is 2.96. The molecule has 0 amide bonds. The van der Waals surface area contributed by atoms with Gasteiger partial charge in [-0.05, 0) is 0 Å². The molecule has 1 heterocycles. The highest BCUT2D eigenvalue weighted by Crippen LogP contribution is 2.62. The third kappa shape index (κ3) is 3.68. The zero-order valence-corrected chi connectivity index (χ0v) is 13.3. The third-order valence-corrected chi connectivity index (χ3v) is 3.40. The zero-order chi connectivity index (χ0) is 24.2. The van der Waals surface area contributed by atoms with E-state index in [9.17, 15) is 70.7 Å². The van der Waals surface area contributed by atoms with Crippen LogP contribution in [0.3, 0.4) is 0 Å². The van der Waals surface area contributed by atoms with E-state index in [1.54, 1.807) is 0 Å². The molecule has 30 heavy (non-hydrogen) atoms. The molecule has 0 bridgehead atoms. The Balaban J connectivity index is 3.28. The summed E-state index contributed by atoms with van der Waals surface area (Å²) in [5, 5.41) is 0. The van der Waals surface area contributed by atoms with Gasteiger partial charge in [0.05, 0.1) is 6.61 Å². The van der Waals surface area contributed by atoms with Crippen LogP contribution < -0.4 is 0 Å². The van der Waals surface area contributed by atoms with Crippen molar-refractivity contribution in [2.24, 2.45) is 0 Å². The van der Waals surface area contributed by atoms with E-state index in [0.717, 1.165) is 0 Å². The van der Waals surface area contributed by atoms with Crippen LogP contribution in [0.1, 0.15) is 0 Å². The van der Waals surface area contributed by atoms with Crippen molar-refractivity contribution in [1.82, 2.24) is 0 Å². The third-order valence-electron chi connectivity index (χ3n) is 3.40. The van der Waals surface area contributed by atoms with E-state index in [2.05, 4.69) is 14.2 Å². The van der Waals surface area contributed by atoms with Gasteiger partial charge in [0, 0.05) is 0 Å². The summed E-state index contributed by atoms with van der Waals surface area (Å²) in [5.41, 5.74) is 0. The Hall–Kier alpha value is -1.82. The van der Waals surface area contributed by atoms with Gasteiger partial charge in [-0.25, -0.2) is 4.79 Å². The predicted molar refractivity (Wildman–Crippen MR) is 57.9 cm³/mol. The van der Waals surface area contributed by atoms with Crippen LogP contribution in [-0.2, 0) is 14.2 Å². The summed E-state index contributed by atoms with van der Waals surface area (Å²) in [5.74, 6) is -40.8. The summed E-state index contributed by atoms with van der Waals surface area (Å²) >= 11 is 0. The number of hydrogen-bond acceptors (Lipinski definition) is 4. The van der Waals surface area contributed by atoms with Gasteiger partial charge in [0.2, 0.25) is 0 Å². The van der Waals surface area contributed by atoms with Crippen LogP contribution in [0.15, 0.2) is 0 Å². The topological polar surface area (TPSA) is 44.8 Å². The Morgan fingerprint density at radius 3 is 1.47 bits per heavy atom. The molecule has 19 heteroatoms. The van der Waals surface area contributed by atoms with E-state index < -0.39 is 67.4 Å². The molecule has 0 N–H and O–H groups in total. The standard InChI is InChI=1S/C11H5F15O4/c12-5(13,6(14,15)8(18,19)10(22,23)24)7(16,17)9(20,21)11(25,26)29-2-3-1-28-4(27)30-3/h3H,1-2H2. The monoisotopic (exact) mass is 486 g/mol. The maximum Gasteiger partial charge on any atom is 0.508 e. The molecular weight excluding hydrogens is 481 g/mol. The van der Waals surface area contributed by atoms with E-state index in [4.69, 9.17) is 0 Å². The van der Waals surface area contributed by atoms with Gasteiger partial charge in [-0.15, -0.1) is 0 Å². The van der Waals surface area contributed by atoms with Crippen LogP contribution in [0.2, 0.25) is 0 Å². The quantitative estimate of drug-likeness (QED) is 0.363. The first-order chi connectivity index (χ1) is 13.0. The minimum absolute atomic E-state index is 0.997. The largest absolute Gasteiger partial charge is 0.508 e. The van der Waals surface area contributed by atoms with Gasteiger partial charge in [-0.2, -0.15) is 65.9 Å². The molecule has 4 nitrogen and oxygen atoms in total. The summed E-state index contributed by atoms with van der Waals surface area (Å²) in [4.78, 5) is 10.4. The van der Waals surface area contributed by atoms with E-state index in [1.165, 1.54) is 0 Å². The van der Waals surface area contributed by atoms with Crippen molar-refractivity contribution in [2.45, 2.75) is 48.0 Å². The Labute approximate surface area is 153 Å². The van der Waals surface area contributed by atoms with Crippen molar-refractivity contribution in [3.05, 3.63) is 0 Å². The van der Waals surface area contributed by atoms with E-state index >= 15 is 0 Å². The molecule has 178 valence electrons. The fourth-order valence-corrected chi connectivity index (χ4v) is 1.69. The normalized spacial score (nSPS) is 20.2. The molecule has 1 aliphatic heterocycles. The molecule has 0 spiro atoms. The lowest BCUT2D eigenvalue weighted by Crippen LogP contribution is -2.72. The molecule has 1 rings (SSSR count). The maximum atomic E-state index is 13.3. The zero-order valence-electron chi connectivity index (χ0n) is 13.3. The second-order valence-electron chi connectivity index (χ2n) is 5.50. The number of carbonyl (C=O) groups excluding carboxylic acids is 1. The van der Waals surface area contributed by atoms with Crippen molar-refractivity contribution in [1.29, 1.82) is 0 Å². The summed E-state index contributed by atoms with van der Waals surface area (Å²) < 4.78 is 204. The molecule has 0 aromatic carbocycles. The highest BCUT2D eigenvalue weighted by molar-refractivity contribution is 5.61. The van der Waals surface area contributed by atoms with Gasteiger partial charge in [0.15, 0.2) is 6.10 Å². The smallest absolute Gasteiger partial charge is 0.430 e. The van der Waals surface area contributed by atoms with Crippen LogP contribution in [-0.4, -0.2) is 67.4 Å². The Kier molecular flexibility index (Phi) is 6.21. The number of ether oxygens (including phenoxy) is 3. The molecule has 1 fully saturated rings. The molecule has 0 aromatic heterocycles. The molecule has 0 aromatic rings.